The van der Waals surface area contributed by atoms with Crippen molar-refractivity contribution in [2.45, 2.75) is 20.0 Å². The van der Waals surface area contributed by atoms with E-state index in [0.717, 1.165) is 17.1 Å². The summed E-state index contributed by atoms with van der Waals surface area (Å²) in [4.78, 5) is 11.1. The third-order valence-corrected chi connectivity index (χ3v) is 2.85. The number of ether oxygens (including phenoxy) is 2. The SMILES string of the molecule is COC(=O)Nc1ccc(Nc2ccccc2OC(C)C)cc1. The van der Waals surface area contributed by atoms with Crippen molar-refractivity contribution in [3.8, 4) is 5.75 Å². The highest BCUT2D eigenvalue weighted by atomic mass is 16.5. The predicted molar refractivity (Wildman–Crippen MR) is 88.0 cm³/mol. The normalized spacial score (nSPS) is 10.2. The van der Waals surface area contributed by atoms with Crippen LogP contribution in [0.15, 0.2) is 48.5 Å². The van der Waals surface area contributed by atoms with E-state index in [4.69, 9.17) is 4.74 Å². The van der Waals surface area contributed by atoms with Crippen LogP contribution in [0.4, 0.5) is 21.9 Å². The fraction of sp³-hybridized carbons (Fsp3) is 0.235. The predicted octanol–water partition coefficient (Wildman–Crippen LogP) is 4.40. The van der Waals surface area contributed by atoms with Gasteiger partial charge >= 0.3 is 6.09 Å². The van der Waals surface area contributed by atoms with Crippen LogP contribution in [-0.4, -0.2) is 19.3 Å². The van der Waals surface area contributed by atoms with Crippen molar-refractivity contribution in [1.82, 2.24) is 0 Å². The van der Waals surface area contributed by atoms with Crippen molar-refractivity contribution in [3.63, 3.8) is 0 Å². The van der Waals surface area contributed by atoms with Gasteiger partial charge in [-0.25, -0.2) is 4.79 Å². The summed E-state index contributed by atoms with van der Waals surface area (Å²) in [6.45, 7) is 3.98. The Balaban J connectivity index is 2.09. The van der Waals surface area contributed by atoms with Crippen molar-refractivity contribution in [2.24, 2.45) is 0 Å². The Bertz CT molecular complexity index is 624. The lowest BCUT2D eigenvalue weighted by molar-refractivity contribution is 0.187. The monoisotopic (exact) mass is 300 g/mol. The molecular weight excluding hydrogens is 280 g/mol. The first-order valence-corrected chi connectivity index (χ1v) is 7.06. The average molecular weight is 300 g/mol. The molecular formula is C17H20N2O3. The first-order chi connectivity index (χ1) is 10.6. The van der Waals surface area contributed by atoms with E-state index in [1.165, 1.54) is 7.11 Å². The van der Waals surface area contributed by atoms with Crippen LogP contribution < -0.4 is 15.4 Å². The molecule has 0 aromatic heterocycles. The molecule has 0 atom stereocenters. The largest absolute Gasteiger partial charge is 0.489 e. The molecule has 5 heteroatoms. The van der Waals surface area contributed by atoms with Crippen LogP contribution in [0.2, 0.25) is 0 Å². The number of benzene rings is 2. The van der Waals surface area contributed by atoms with E-state index >= 15 is 0 Å². The Hall–Kier alpha value is -2.69. The number of carbonyl (C=O) groups excluding carboxylic acids is 1. The van der Waals surface area contributed by atoms with Gasteiger partial charge in [-0.2, -0.15) is 0 Å². The quantitative estimate of drug-likeness (QED) is 0.859. The van der Waals surface area contributed by atoms with E-state index < -0.39 is 6.09 Å². The van der Waals surface area contributed by atoms with E-state index in [2.05, 4.69) is 15.4 Å². The molecule has 2 aromatic rings. The summed E-state index contributed by atoms with van der Waals surface area (Å²) in [6, 6.07) is 15.1. The van der Waals surface area contributed by atoms with Gasteiger partial charge in [-0.15, -0.1) is 0 Å². The maximum Gasteiger partial charge on any atom is 0.411 e. The minimum Gasteiger partial charge on any atom is -0.489 e. The first kappa shape index (κ1) is 15.7. The summed E-state index contributed by atoms with van der Waals surface area (Å²) in [7, 11) is 1.33. The van der Waals surface area contributed by atoms with E-state index in [9.17, 15) is 4.79 Å². The third kappa shape index (κ3) is 4.41. The topological polar surface area (TPSA) is 59.6 Å². The highest BCUT2D eigenvalue weighted by Crippen LogP contribution is 2.28. The molecule has 0 saturated heterocycles. The summed E-state index contributed by atoms with van der Waals surface area (Å²) in [5.41, 5.74) is 2.46. The number of nitrogens with one attached hydrogen (secondary N) is 2. The van der Waals surface area contributed by atoms with Crippen molar-refractivity contribution in [3.05, 3.63) is 48.5 Å². The summed E-state index contributed by atoms with van der Waals surface area (Å²) in [5, 5.41) is 5.91. The minimum atomic E-state index is -0.489. The van der Waals surface area contributed by atoms with E-state index in [1.807, 2.05) is 50.2 Å². The van der Waals surface area contributed by atoms with Crippen LogP contribution >= 0.6 is 0 Å². The van der Waals surface area contributed by atoms with Gasteiger partial charge in [-0.3, -0.25) is 5.32 Å². The maximum atomic E-state index is 11.1. The molecule has 2 N–H and O–H groups in total. The van der Waals surface area contributed by atoms with Gasteiger partial charge in [0.05, 0.1) is 18.9 Å². The molecule has 0 bridgehead atoms. The Morgan fingerprint density at radius 3 is 2.27 bits per heavy atom. The standard InChI is InChI=1S/C17H20N2O3/c1-12(2)22-16-7-5-4-6-15(16)18-13-8-10-14(11-9-13)19-17(20)21-3/h4-12,18H,1-3H3,(H,19,20). The number of rotatable bonds is 5. The lowest BCUT2D eigenvalue weighted by Crippen LogP contribution is -2.10. The second kappa shape index (κ2) is 7.36. The van der Waals surface area contributed by atoms with Crippen LogP contribution in [0.5, 0.6) is 5.75 Å². The number of methoxy groups -OCH3 is 1. The van der Waals surface area contributed by atoms with Crippen LogP contribution in [0.25, 0.3) is 0 Å². The summed E-state index contributed by atoms with van der Waals surface area (Å²) >= 11 is 0. The highest BCUT2D eigenvalue weighted by molar-refractivity contribution is 5.84. The molecule has 116 valence electrons. The second-order valence-corrected chi connectivity index (χ2v) is 4.98. The lowest BCUT2D eigenvalue weighted by atomic mass is 10.2. The molecule has 1 amide bonds. The summed E-state index contributed by atoms with van der Waals surface area (Å²) in [6.07, 6.45) is -0.383. The molecule has 0 heterocycles. The van der Waals surface area contributed by atoms with Gasteiger partial charge in [0, 0.05) is 11.4 Å². The minimum absolute atomic E-state index is 0.106. The van der Waals surface area contributed by atoms with Crippen LogP contribution in [0.1, 0.15) is 13.8 Å². The number of amides is 1. The molecule has 5 nitrogen and oxygen atoms in total. The van der Waals surface area contributed by atoms with Crippen LogP contribution in [-0.2, 0) is 4.74 Å². The first-order valence-electron chi connectivity index (χ1n) is 7.06. The Kier molecular flexibility index (Phi) is 5.25. The Labute approximate surface area is 130 Å². The van der Waals surface area contributed by atoms with E-state index in [-0.39, 0.29) is 6.10 Å². The summed E-state index contributed by atoms with van der Waals surface area (Å²) < 4.78 is 10.3. The molecule has 22 heavy (non-hydrogen) atoms. The molecule has 0 aliphatic rings. The number of hydrogen-bond acceptors (Lipinski definition) is 4. The molecule has 0 fully saturated rings. The summed E-state index contributed by atoms with van der Waals surface area (Å²) in [5.74, 6) is 0.800. The fourth-order valence-electron chi connectivity index (χ4n) is 1.89. The van der Waals surface area contributed by atoms with Gasteiger partial charge in [0.2, 0.25) is 0 Å². The third-order valence-electron chi connectivity index (χ3n) is 2.85. The van der Waals surface area contributed by atoms with Gasteiger partial charge in [0.1, 0.15) is 5.75 Å². The zero-order valence-electron chi connectivity index (χ0n) is 12.9. The second-order valence-electron chi connectivity index (χ2n) is 4.98. The lowest BCUT2D eigenvalue weighted by Gasteiger charge is -2.15. The number of carbonyl (C=O) groups is 1. The van der Waals surface area contributed by atoms with Crippen LogP contribution in [0, 0.1) is 0 Å². The van der Waals surface area contributed by atoms with E-state index in [0.29, 0.717) is 5.69 Å². The van der Waals surface area contributed by atoms with Gasteiger partial charge in [0.25, 0.3) is 0 Å². The molecule has 0 unspecified atom stereocenters. The fourth-order valence-corrected chi connectivity index (χ4v) is 1.89. The molecule has 0 aliphatic carbocycles. The van der Waals surface area contributed by atoms with Crippen molar-refractivity contribution >= 4 is 23.2 Å². The molecule has 0 aliphatic heterocycles. The molecule has 0 spiro atoms. The van der Waals surface area contributed by atoms with Gasteiger partial charge < -0.3 is 14.8 Å². The Morgan fingerprint density at radius 1 is 1.00 bits per heavy atom. The van der Waals surface area contributed by atoms with E-state index in [1.54, 1.807) is 12.1 Å². The maximum absolute atomic E-state index is 11.1. The van der Waals surface area contributed by atoms with Gasteiger partial charge in [-0.1, -0.05) is 12.1 Å². The van der Waals surface area contributed by atoms with Gasteiger partial charge in [-0.05, 0) is 50.2 Å². The molecule has 2 aromatic carbocycles. The van der Waals surface area contributed by atoms with Crippen molar-refractivity contribution in [1.29, 1.82) is 0 Å². The van der Waals surface area contributed by atoms with Crippen molar-refractivity contribution in [2.75, 3.05) is 17.7 Å². The van der Waals surface area contributed by atoms with Crippen LogP contribution in [0.3, 0.4) is 0 Å². The number of para-hydroxylation sites is 2. The Morgan fingerprint density at radius 2 is 1.64 bits per heavy atom. The highest BCUT2D eigenvalue weighted by Gasteiger charge is 2.06. The van der Waals surface area contributed by atoms with Gasteiger partial charge in [0.15, 0.2) is 0 Å². The zero-order chi connectivity index (χ0) is 15.9. The number of hydrogen-bond donors (Lipinski definition) is 2. The van der Waals surface area contributed by atoms with Crippen molar-refractivity contribution < 1.29 is 14.3 Å². The molecule has 2 rings (SSSR count). The zero-order valence-corrected chi connectivity index (χ0v) is 12.9. The number of anilines is 3. The average Bonchev–Trinajstić information content (AvgIpc) is 2.50. The molecule has 0 saturated carbocycles. The smallest absolute Gasteiger partial charge is 0.411 e. The molecule has 0 radical (unpaired) electrons.